The maximum absolute atomic E-state index is 11.7. The van der Waals surface area contributed by atoms with Gasteiger partial charge in [-0.2, -0.15) is 0 Å². The summed E-state index contributed by atoms with van der Waals surface area (Å²) in [4.78, 5) is 11.7. The standard InChI is InChI=1S/C13H12N6O2/c1-13(12(20)21,9-5-3-2-4-6-9)14-10-7-8-11-15-17-18-19(11)16-10/h2-8H,1H3,(H,14,16)(H,20,21). The molecule has 0 bridgehead atoms. The number of fused-ring (bicyclic) bond motifs is 1. The number of aromatic nitrogens is 5. The number of carboxylic acids is 1. The second kappa shape index (κ2) is 4.82. The lowest BCUT2D eigenvalue weighted by atomic mass is 9.92. The maximum atomic E-state index is 11.7. The first-order valence-corrected chi connectivity index (χ1v) is 6.22. The summed E-state index contributed by atoms with van der Waals surface area (Å²) in [6.07, 6.45) is 0. The smallest absolute Gasteiger partial charge is 0.333 e. The SMILES string of the molecule is CC(Nc1ccc2nnnn2n1)(C(=O)O)c1ccccc1. The van der Waals surface area contributed by atoms with Crippen LogP contribution in [0.15, 0.2) is 42.5 Å². The summed E-state index contributed by atoms with van der Waals surface area (Å²) >= 11 is 0. The molecular weight excluding hydrogens is 272 g/mol. The minimum Gasteiger partial charge on any atom is -0.479 e. The van der Waals surface area contributed by atoms with Crippen molar-refractivity contribution in [3.8, 4) is 0 Å². The average molecular weight is 284 g/mol. The lowest BCUT2D eigenvalue weighted by Crippen LogP contribution is -2.40. The fourth-order valence-corrected chi connectivity index (χ4v) is 1.99. The summed E-state index contributed by atoms with van der Waals surface area (Å²) in [6, 6.07) is 12.2. The summed E-state index contributed by atoms with van der Waals surface area (Å²) in [7, 11) is 0. The van der Waals surface area contributed by atoms with Crippen molar-refractivity contribution < 1.29 is 9.90 Å². The van der Waals surface area contributed by atoms with Crippen LogP contribution in [0, 0.1) is 0 Å². The number of carbonyl (C=O) groups is 1. The number of benzene rings is 1. The van der Waals surface area contributed by atoms with E-state index in [9.17, 15) is 9.90 Å². The molecule has 8 nitrogen and oxygen atoms in total. The van der Waals surface area contributed by atoms with E-state index in [-0.39, 0.29) is 0 Å². The fourth-order valence-electron chi connectivity index (χ4n) is 1.99. The van der Waals surface area contributed by atoms with Gasteiger partial charge in [-0.3, -0.25) is 0 Å². The zero-order valence-electron chi connectivity index (χ0n) is 11.1. The molecule has 1 aromatic carbocycles. The van der Waals surface area contributed by atoms with E-state index in [1.807, 2.05) is 6.07 Å². The van der Waals surface area contributed by atoms with Crippen LogP contribution >= 0.6 is 0 Å². The molecule has 0 spiro atoms. The maximum Gasteiger partial charge on any atom is 0.333 e. The van der Waals surface area contributed by atoms with Gasteiger partial charge in [0.15, 0.2) is 11.2 Å². The molecule has 3 rings (SSSR count). The molecule has 2 aromatic heterocycles. The number of nitrogens with one attached hydrogen (secondary N) is 1. The molecule has 2 heterocycles. The van der Waals surface area contributed by atoms with Gasteiger partial charge in [-0.05, 0) is 35.0 Å². The Labute approximate surface area is 119 Å². The summed E-state index contributed by atoms with van der Waals surface area (Å²) < 4.78 is 1.23. The highest BCUT2D eigenvalue weighted by Crippen LogP contribution is 2.25. The van der Waals surface area contributed by atoms with Crippen molar-refractivity contribution in [1.29, 1.82) is 0 Å². The molecule has 21 heavy (non-hydrogen) atoms. The molecule has 0 fully saturated rings. The molecule has 3 aromatic rings. The van der Waals surface area contributed by atoms with Crippen molar-refractivity contribution in [2.75, 3.05) is 5.32 Å². The van der Waals surface area contributed by atoms with Crippen LogP contribution < -0.4 is 5.32 Å². The Bertz CT molecular complexity index is 787. The minimum absolute atomic E-state index is 0.364. The molecule has 0 radical (unpaired) electrons. The van der Waals surface area contributed by atoms with Crippen molar-refractivity contribution in [2.24, 2.45) is 0 Å². The Morgan fingerprint density at radius 2 is 2.00 bits per heavy atom. The lowest BCUT2D eigenvalue weighted by molar-refractivity contribution is -0.142. The largest absolute Gasteiger partial charge is 0.479 e. The van der Waals surface area contributed by atoms with Crippen molar-refractivity contribution in [1.82, 2.24) is 25.3 Å². The van der Waals surface area contributed by atoms with Crippen LogP contribution in [0.25, 0.3) is 5.65 Å². The third-order valence-corrected chi connectivity index (χ3v) is 3.23. The number of carboxylic acid groups (broad SMARTS) is 1. The topological polar surface area (TPSA) is 105 Å². The van der Waals surface area contributed by atoms with Crippen molar-refractivity contribution in [3.63, 3.8) is 0 Å². The molecule has 106 valence electrons. The number of nitrogens with zero attached hydrogens (tertiary/aromatic N) is 5. The molecule has 1 unspecified atom stereocenters. The highest BCUT2D eigenvalue weighted by atomic mass is 16.4. The fraction of sp³-hybridized carbons (Fsp3) is 0.154. The zero-order chi connectivity index (χ0) is 14.9. The van der Waals surface area contributed by atoms with E-state index in [2.05, 4.69) is 25.9 Å². The van der Waals surface area contributed by atoms with Crippen molar-refractivity contribution in [3.05, 3.63) is 48.0 Å². The highest BCUT2D eigenvalue weighted by Gasteiger charge is 2.35. The van der Waals surface area contributed by atoms with Crippen LogP contribution in [0.3, 0.4) is 0 Å². The van der Waals surface area contributed by atoms with Crippen LogP contribution in [0.2, 0.25) is 0 Å². The quantitative estimate of drug-likeness (QED) is 0.734. The predicted molar refractivity (Wildman–Crippen MR) is 73.6 cm³/mol. The average Bonchev–Trinajstić information content (AvgIpc) is 2.95. The highest BCUT2D eigenvalue weighted by molar-refractivity contribution is 5.83. The molecule has 0 aliphatic heterocycles. The van der Waals surface area contributed by atoms with E-state index < -0.39 is 11.5 Å². The predicted octanol–water partition coefficient (Wildman–Crippen LogP) is 0.931. The van der Waals surface area contributed by atoms with E-state index in [0.717, 1.165) is 0 Å². The van der Waals surface area contributed by atoms with Gasteiger partial charge in [0.05, 0.1) is 0 Å². The van der Waals surface area contributed by atoms with Crippen molar-refractivity contribution >= 4 is 17.4 Å². The number of anilines is 1. The summed E-state index contributed by atoms with van der Waals surface area (Å²) in [5.41, 5.74) is -0.205. The Hall–Kier alpha value is -3.03. The number of hydrogen-bond donors (Lipinski definition) is 2. The van der Waals surface area contributed by atoms with Gasteiger partial charge >= 0.3 is 5.97 Å². The molecule has 0 saturated carbocycles. The Kier molecular flexibility index (Phi) is 2.98. The zero-order valence-corrected chi connectivity index (χ0v) is 11.1. The van der Waals surface area contributed by atoms with Crippen LogP contribution in [0.1, 0.15) is 12.5 Å². The number of rotatable bonds is 4. The van der Waals surface area contributed by atoms with Gasteiger partial charge in [-0.1, -0.05) is 30.3 Å². The lowest BCUT2D eigenvalue weighted by Gasteiger charge is -2.27. The van der Waals surface area contributed by atoms with Gasteiger partial charge in [-0.15, -0.1) is 14.8 Å². The third-order valence-electron chi connectivity index (χ3n) is 3.23. The minimum atomic E-state index is -1.31. The van der Waals surface area contributed by atoms with Crippen molar-refractivity contribution in [2.45, 2.75) is 12.5 Å². The van der Waals surface area contributed by atoms with Gasteiger partial charge in [-0.25, -0.2) is 4.79 Å². The third kappa shape index (κ3) is 2.27. The first-order chi connectivity index (χ1) is 10.1. The van der Waals surface area contributed by atoms with Gasteiger partial charge in [0.2, 0.25) is 0 Å². The van der Waals surface area contributed by atoms with E-state index in [4.69, 9.17) is 0 Å². The molecule has 2 N–H and O–H groups in total. The summed E-state index contributed by atoms with van der Waals surface area (Å²) in [5, 5.41) is 27.6. The van der Waals surface area contributed by atoms with Crippen LogP contribution in [-0.4, -0.2) is 36.3 Å². The van der Waals surface area contributed by atoms with E-state index >= 15 is 0 Å². The van der Waals surface area contributed by atoms with Gasteiger partial charge < -0.3 is 10.4 Å². The van der Waals surface area contributed by atoms with E-state index in [0.29, 0.717) is 17.0 Å². The number of hydrogen-bond acceptors (Lipinski definition) is 6. The Morgan fingerprint density at radius 3 is 2.71 bits per heavy atom. The first-order valence-electron chi connectivity index (χ1n) is 6.22. The number of aliphatic carboxylic acids is 1. The Balaban J connectivity index is 2.00. The molecule has 0 saturated heterocycles. The molecule has 0 amide bonds. The number of tetrazole rings is 1. The molecule has 0 aliphatic carbocycles. The van der Waals surface area contributed by atoms with Gasteiger partial charge in [0.1, 0.15) is 5.82 Å². The summed E-state index contributed by atoms with van der Waals surface area (Å²) in [6.45, 7) is 1.58. The Morgan fingerprint density at radius 1 is 1.24 bits per heavy atom. The molecular formula is C13H12N6O2. The second-order valence-electron chi connectivity index (χ2n) is 4.67. The molecule has 8 heteroatoms. The van der Waals surface area contributed by atoms with E-state index in [1.54, 1.807) is 43.3 Å². The van der Waals surface area contributed by atoms with Gasteiger partial charge in [0, 0.05) is 0 Å². The van der Waals surface area contributed by atoms with E-state index in [1.165, 1.54) is 4.63 Å². The monoisotopic (exact) mass is 284 g/mol. The molecule has 0 aliphatic rings. The first kappa shape index (κ1) is 13.0. The second-order valence-corrected chi connectivity index (χ2v) is 4.67. The van der Waals surface area contributed by atoms with Crippen LogP contribution in [0.4, 0.5) is 5.82 Å². The van der Waals surface area contributed by atoms with Crippen LogP contribution in [0.5, 0.6) is 0 Å². The summed E-state index contributed by atoms with van der Waals surface area (Å²) in [5.74, 6) is -0.643. The normalized spacial score (nSPS) is 13.8. The molecule has 1 atom stereocenters. The van der Waals surface area contributed by atoms with Crippen LogP contribution in [-0.2, 0) is 10.3 Å². The van der Waals surface area contributed by atoms with Gasteiger partial charge in [0.25, 0.3) is 0 Å².